The maximum Gasteiger partial charge on any atom is 0.573 e. The Morgan fingerprint density at radius 2 is 2.06 bits per heavy atom. The fraction of sp³-hybridized carbons (Fsp3) is 0.444. The Hall–Kier alpha value is -1.50. The highest BCUT2D eigenvalue weighted by Crippen LogP contribution is 2.29. The van der Waals surface area contributed by atoms with E-state index in [-0.39, 0.29) is 23.9 Å². The Labute approximate surface area is 90.2 Å². The molecule has 90 valence electrons. The molecule has 0 amide bonds. The normalized spacial score (nSPS) is 11.4. The number of rotatable bonds is 3. The van der Waals surface area contributed by atoms with Crippen molar-refractivity contribution in [3.63, 3.8) is 0 Å². The Balaban J connectivity index is 3.11. The minimum Gasteiger partial charge on any atom is -0.481 e. The van der Waals surface area contributed by atoms with E-state index in [1.54, 1.807) is 0 Å². The van der Waals surface area contributed by atoms with Crippen molar-refractivity contribution in [2.24, 2.45) is 5.73 Å². The second-order valence-corrected chi connectivity index (χ2v) is 2.99. The van der Waals surface area contributed by atoms with Crippen molar-refractivity contribution in [1.29, 1.82) is 0 Å². The zero-order valence-electron chi connectivity index (χ0n) is 8.76. The van der Waals surface area contributed by atoms with Crippen molar-refractivity contribution < 1.29 is 22.6 Å². The molecule has 1 aromatic rings. The number of halogens is 3. The first-order chi connectivity index (χ1) is 7.37. The van der Waals surface area contributed by atoms with E-state index in [4.69, 9.17) is 10.5 Å². The maximum atomic E-state index is 12.0. The lowest BCUT2D eigenvalue weighted by molar-refractivity contribution is -0.275. The van der Waals surface area contributed by atoms with Crippen molar-refractivity contribution in [3.8, 4) is 11.6 Å². The lowest BCUT2D eigenvalue weighted by Crippen LogP contribution is -2.18. The first-order valence-electron chi connectivity index (χ1n) is 4.37. The van der Waals surface area contributed by atoms with E-state index in [0.717, 1.165) is 0 Å². The van der Waals surface area contributed by atoms with Gasteiger partial charge in [0.15, 0.2) is 5.75 Å². The van der Waals surface area contributed by atoms with Gasteiger partial charge >= 0.3 is 6.36 Å². The molecule has 0 atom stereocenters. The molecule has 0 unspecified atom stereocenters. The van der Waals surface area contributed by atoms with Gasteiger partial charge in [-0.05, 0) is 13.0 Å². The molecule has 0 aromatic carbocycles. The molecule has 0 aliphatic rings. The van der Waals surface area contributed by atoms with Gasteiger partial charge in [-0.2, -0.15) is 0 Å². The van der Waals surface area contributed by atoms with Gasteiger partial charge in [-0.25, -0.2) is 4.98 Å². The monoisotopic (exact) mass is 236 g/mol. The van der Waals surface area contributed by atoms with Crippen LogP contribution in [0.2, 0.25) is 0 Å². The summed E-state index contributed by atoms with van der Waals surface area (Å²) in [4.78, 5) is 3.82. The smallest absolute Gasteiger partial charge is 0.481 e. The minimum atomic E-state index is -4.74. The van der Waals surface area contributed by atoms with E-state index in [1.807, 2.05) is 0 Å². The number of nitrogens with zero attached hydrogens (tertiary/aromatic N) is 1. The van der Waals surface area contributed by atoms with Crippen molar-refractivity contribution >= 4 is 0 Å². The maximum absolute atomic E-state index is 12.0. The third-order valence-corrected chi connectivity index (χ3v) is 1.84. The Morgan fingerprint density at radius 3 is 2.50 bits per heavy atom. The van der Waals surface area contributed by atoms with Gasteiger partial charge in [0.25, 0.3) is 0 Å². The van der Waals surface area contributed by atoms with Gasteiger partial charge in [-0.3, -0.25) is 0 Å². The number of pyridine rings is 1. The SMILES string of the molecule is COc1nc(C)c(OC(F)(F)F)cc1CN. The average Bonchev–Trinajstić information content (AvgIpc) is 2.18. The van der Waals surface area contributed by atoms with Gasteiger partial charge in [0.1, 0.15) is 0 Å². The first kappa shape index (κ1) is 12.6. The standard InChI is InChI=1S/C9H11F3N2O2/c1-5-7(16-9(10,11)12)3-6(4-13)8(14-5)15-2/h3H,4,13H2,1-2H3. The van der Waals surface area contributed by atoms with Crippen LogP contribution >= 0.6 is 0 Å². The van der Waals surface area contributed by atoms with Crippen LogP contribution in [0.5, 0.6) is 11.6 Å². The molecule has 0 aliphatic heterocycles. The molecule has 16 heavy (non-hydrogen) atoms. The van der Waals surface area contributed by atoms with Crippen molar-refractivity contribution in [2.75, 3.05) is 7.11 Å². The van der Waals surface area contributed by atoms with Crippen LogP contribution in [0.15, 0.2) is 6.07 Å². The van der Waals surface area contributed by atoms with Crippen molar-refractivity contribution in [3.05, 3.63) is 17.3 Å². The number of ether oxygens (including phenoxy) is 2. The summed E-state index contributed by atoms with van der Waals surface area (Å²) in [7, 11) is 1.37. The highest BCUT2D eigenvalue weighted by atomic mass is 19.4. The fourth-order valence-corrected chi connectivity index (χ4v) is 1.15. The van der Waals surface area contributed by atoms with Crippen LogP contribution in [-0.4, -0.2) is 18.5 Å². The molecule has 0 radical (unpaired) electrons. The van der Waals surface area contributed by atoms with Crippen LogP contribution in [0.3, 0.4) is 0 Å². The number of alkyl halides is 3. The molecule has 0 aliphatic carbocycles. The lowest BCUT2D eigenvalue weighted by Gasteiger charge is -2.13. The van der Waals surface area contributed by atoms with E-state index < -0.39 is 6.36 Å². The first-order valence-corrected chi connectivity index (χ1v) is 4.37. The minimum absolute atomic E-state index is 0.0185. The summed E-state index contributed by atoms with van der Waals surface area (Å²) in [6.07, 6.45) is -4.74. The summed E-state index contributed by atoms with van der Waals surface area (Å²) in [5.41, 5.74) is 5.80. The molecule has 4 nitrogen and oxygen atoms in total. The zero-order chi connectivity index (χ0) is 12.3. The lowest BCUT2D eigenvalue weighted by atomic mass is 10.2. The topological polar surface area (TPSA) is 57.4 Å². The Bertz CT molecular complexity index is 380. The molecular formula is C9H11F3N2O2. The quantitative estimate of drug-likeness (QED) is 0.868. The summed E-state index contributed by atoms with van der Waals surface area (Å²) in [6.45, 7) is 1.41. The number of aromatic nitrogens is 1. The molecule has 7 heteroatoms. The van der Waals surface area contributed by atoms with Crippen LogP contribution in [0.25, 0.3) is 0 Å². The predicted molar refractivity (Wildman–Crippen MR) is 50.1 cm³/mol. The molecule has 1 rings (SSSR count). The van der Waals surface area contributed by atoms with Gasteiger partial charge in [0.05, 0.1) is 12.8 Å². The van der Waals surface area contributed by atoms with E-state index in [2.05, 4.69) is 9.72 Å². The van der Waals surface area contributed by atoms with Crippen molar-refractivity contribution in [1.82, 2.24) is 4.98 Å². The molecule has 0 bridgehead atoms. The van der Waals surface area contributed by atoms with Gasteiger partial charge in [-0.15, -0.1) is 13.2 Å². The molecular weight excluding hydrogens is 225 g/mol. The number of hydrogen-bond acceptors (Lipinski definition) is 4. The van der Waals surface area contributed by atoms with Crippen molar-refractivity contribution in [2.45, 2.75) is 19.8 Å². The van der Waals surface area contributed by atoms with Crippen LogP contribution in [0, 0.1) is 6.92 Å². The number of aryl methyl sites for hydroxylation is 1. The number of methoxy groups -OCH3 is 1. The molecule has 0 spiro atoms. The van der Waals surface area contributed by atoms with Crippen LogP contribution in [0.1, 0.15) is 11.3 Å². The Morgan fingerprint density at radius 1 is 1.44 bits per heavy atom. The van der Waals surface area contributed by atoms with Crippen LogP contribution in [-0.2, 0) is 6.54 Å². The van der Waals surface area contributed by atoms with Crippen LogP contribution in [0.4, 0.5) is 13.2 Å². The third kappa shape index (κ3) is 2.99. The van der Waals surface area contributed by atoms with Crippen LogP contribution < -0.4 is 15.2 Å². The van der Waals surface area contributed by atoms with E-state index in [0.29, 0.717) is 5.56 Å². The van der Waals surface area contributed by atoms with E-state index in [9.17, 15) is 13.2 Å². The molecule has 0 saturated heterocycles. The Kier molecular flexibility index (Phi) is 3.58. The van der Waals surface area contributed by atoms with E-state index >= 15 is 0 Å². The summed E-state index contributed by atoms with van der Waals surface area (Å²) in [5, 5.41) is 0. The summed E-state index contributed by atoms with van der Waals surface area (Å²) < 4.78 is 44.8. The average molecular weight is 236 g/mol. The molecule has 2 N–H and O–H groups in total. The number of nitrogens with two attached hydrogens (primary N) is 1. The van der Waals surface area contributed by atoms with Gasteiger partial charge < -0.3 is 15.2 Å². The summed E-state index contributed by atoms with van der Waals surface area (Å²) in [6, 6.07) is 1.18. The largest absolute Gasteiger partial charge is 0.573 e. The van der Waals surface area contributed by atoms with Gasteiger partial charge in [-0.1, -0.05) is 0 Å². The summed E-state index contributed by atoms with van der Waals surface area (Å²) in [5.74, 6) is -0.164. The zero-order valence-corrected chi connectivity index (χ0v) is 8.76. The number of hydrogen-bond donors (Lipinski definition) is 1. The summed E-state index contributed by atoms with van der Waals surface area (Å²) >= 11 is 0. The molecule has 1 heterocycles. The molecule has 1 aromatic heterocycles. The highest BCUT2D eigenvalue weighted by molar-refractivity contribution is 5.38. The molecule has 0 saturated carbocycles. The fourth-order valence-electron chi connectivity index (χ4n) is 1.15. The van der Waals surface area contributed by atoms with Gasteiger partial charge in [0.2, 0.25) is 5.88 Å². The highest BCUT2D eigenvalue weighted by Gasteiger charge is 2.32. The predicted octanol–water partition coefficient (Wildman–Crippen LogP) is 1.76. The molecule has 0 fully saturated rings. The van der Waals surface area contributed by atoms with Gasteiger partial charge in [0, 0.05) is 12.1 Å². The van der Waals surface area contributed by atoms with E-state index in [1.165, 1.54) is 20.1 Å². The second kappa shape index (κ2) is 4.56. The third-order valence-electron chi connectivity index (χ3n) is 1.84. The second-order valence-electron chi connectivity index (χ2n) is 2.99.